The van der Waals surface area contributed by atoms with Crippen LogP contribution in [0, 0.1) is 0 Å². The first-order valence-electron chi connectivity index (χ1n) is 9.83. The quantitative estimate of drug-likeness (QED) is 0.672. The van der Waals surface area contributed by atoms with Gasteiger partial charge in [-0.15, -0.1) is 0 Å². The summed E-state index contributed by atoms with van der Waals surface area (Å²) < 4.78 is 0. The standard InChI is InChI=1S/C22H30N4O/c1-3-26(4-2)16-18-12-10-17(11-13-18)15-23-22(27)21-14-20(24-25-21)19-8-6-5-7-9-19/h5-13,20-21,24-25H,3-4,14-16H2,1-2H3,(H,23,27). The molecule has 5 heteroatoms. The molecule has 0 saturated carbocycles. The molecular formula is C22H30N4O. The van der Waals surface area contributed by atoms with Gasteiger partial charge in [0.25, 0.3) is 0 Å². The molecule has 1 saturated heterocycles. The van der Waals surface area contributed by atoms with Crippen LogP contribution in [0.5, 0.6) is 0 Å². The number of benzene rings is 2. The molecule has 2 aromatic rings. The van der Waals surface area contributed by atoms with E-state index in [9.17, 15) is 4.79 Å². The molecule has 1 fully saturated rings. The molecule has 1 aliphatic rings. The van der Waals surface area contributed by atoms with E-state index in [2.05, 4.69) is 71.3 Å². The topological polar surface area (TPSA) is 56.4 Å². The Morgan fingerprint density at radius 2 is 1.67 bits per heavy atom. The second kappa shape index (κ2) is 9.65. The maximum Gasteiger partial charge on any atom is 0.238 e. The monoisotopic (exact) mass is 366 g/mol. The molecule has 2 unspecified atom stereocenters. The second-order valence-electron chi connectivity index (χ2n) is 7.04. The zero-order chi connectivity index (χ0) is 19.1. The zero-order valence-electron chi connectivity index (χ0n) is 16.2. The van der Waals surface area contributed by atoms with Crippen LogP contribution in [0.4, 0.5) is 0 Å². The van der Waals surface area contributed by atoms with Gasteiger partial charge in [-0.2, -0.15) is 0 Å². The van der Waals surface area contributed by atoms with E-state index in [0.29, 0.717) is 6.54 Å². The fourth-order valence-corrected chi connectivity index (χ4v) is 3.41. The van der Waals surface area contributed by atoms with Gasteiger partial charge in [-0.05, 0) is 36.2 Å². The molecule has 27 heavy (non-hydrogen) atoms. The van der Waals surface area contributed by atoms with Crippen molar-refractivity contribution in [2.24, 2.45) is 0 Å². The van der Waals surface area contributed by atoms with Crippen LogP contribution in [0.1, 0.15) is 43.0 Å². The number of carbonyl (C=O) groups is 1. The van der Waals surface area contributed by atoms with Crippen LogP contribution in [0.15, 0.2) is 54.6 Å². The molecule has 0 radical (unpaired) electrons. The predicted octanol–water partition coefficient (Wildman–Crippen LogP) is 2.75. The van der Waals surface area contributed by atoms with Crippen molar-refractivity contribution in [2.45, 2.75) is 45.4 Å². The predicted molar refractivity (Wildman–Crippen MR) is 109 cm³/mol. The lowest BCUT2D eigenvalue weighted by molar-refractivity contribution is -0.123. The van der Waals surface area contributed by atoms with Gasteiger partial charge in [0, 0.05) is 19.1 Å². The van der Waals surface area contributed by atoms with Gasteiger partial charge in [0.15, 0.2) is 0 Å². The second-order valence-corrected chi connectivity index (χ2v) is 7.04. The third-order valence-corrected chi connectivity index (χ3v) is 5.21. The summed E-state index contributed by atoms with van der Waals surface area (Å²) in [5, 5.41) is 3.04. The van der Waals surface area contributed by atoms with E-state index < -0.39 is 0 Å². The molecule has 144 valence electrons. The maximum absolute atomic E-state index is 12.5. The highest BCUT2D eigenvalue weighted by Crippen LogP contribution is 2.21. The van der Waals surface area contributed by atoms with Crippen molar-refractivity contribution >= 4 is 5.91 Å². The van der Waals surface area contributed by atoms with E-state index in [1.165, 1.54) is 11.1 Å². The van der Waals surface area contributed by atoms with Crippen molar-refractivity contribution < 1.29 is 4.79 Å². The van der Waals surface area contributed by atoms with Crippen molar-refractivity contribution in [3.63, 3.8) is 0 Å². The van der Waals surface area contributed by atoms with E-state index in [4.69, 9.17) is 0 Å². The molecule has 0 aromatic heterocycles. The molecule has 2 aromatic carbocycles. The maximum atomic E-state index is 12.5. The first-order chi connectivity index (χ1) is 13.2. The summed E-state index contributed by atoms with van der Waals surface area (Å²) in [5.41, 5.74) is 9.97. The number of nitrogens with one attached hydrogen (secondary N) is 3. The largest absolute Gasteiger partial charge is 0.351 e. The lowest BCUT2D eigenvalue weighted by atomic mass is 10.0. The molecule has 3 N–H and O–H groups in total. The molecule has 5 nitrogen and oxygen atoms in total. The van der Waals surface area contributed by atoms with Gasteiger partial charge >= 0.3 is 0 Å². The minimum atomic E-state index is -0.211. The molecule has 3 rings (SSSR count). The molecule has 0 bridgehead atoms. The number of hydrogen-bond donors (Lipinski definition) is 3. The Kier molecular flexibility index (Phi) is 6.98. The summed E-state index contributed by atoms with van der Waals surface area (Å²) in [6.07, 6.45) is 0.749. The van der Waals surface area contributed by atoms with Gasteiger partial charge in [0.1, 0.15) is 6.04 Å². The minimum Gasteiger partial charge on any atom is -0.351 e. The van der Waals surface area contributed by atoms with Crippen molar-refractivity contribution in [1.82, 2.24) is 21.1 Å². The number of nitrogens with zero attached hydrogens (tertiary/aromatic N) is 1. The van der Waals surface area contributed by atoms with E-state index in [1.54, 1.807) is 0 Å². The average Bonchev–Trinajstić information content (AvgIpc) is 3.22. The summed E-state index contributed by atoms with van der Waals surface area (Å²) in [7, 11) is 0. The van der Waals surface area contributed by atoms with Gasteiger partial charge in [-0.25, -0.2) is 10.9 Å². The fraction of sp³-hybridized carbons (Fsp3) is 0.409. The Morgan fingerprint density at radius 3 is 2.33 bits per heavy atom. The van der Waals surface area contributed by atoms with Gasteiger partial charge in [-0.1, -0.05) is 68.4 Å². The van der Waals surface area contributed by atoms with Gasteiger partial charge in [-0.3, -0.25) is 9.69 Å². The van der Waals surface area contributed by atoms with Crippen LogP contribution in [-0.4, -0.2) is 29.9 Å². The Hall–Kier alpha value is -2.21. The highest BCUT2D eigenvalue weighted by molar-refractivity contribution is 5.82. The molecule has 1 amide bonds. The smallest absolute Gasteiger partial charge is 0.238 e. The van der Waals surface area contributed by atoms with Crippen LogP contribution in [0.2, 0.25) is 0 Å². The van der Waals surface area contributed by atoms with E-state index in [-0.39, 0.29) is 18.0 Å². The van der Waals surface area contributed by atoms with Crippen molar-refractivity contribution in [3.05, 3.63) is 71.3 Å². The summed E-state index contributed by atoms with van der Waals surface area (Å²) in [4.78, 5) is 14.9. The SMILES string of the molecule is CCN(CC)Cc1ccc(CNC(=O)C2CC(c3ccccc3)NN2)cc1. The zero-order valence-corrected chi connectivity index (χ0v) is 16.2. The van der Waals surface area contributed by atoms with Gasteiger partial charge in [0.2, 0.25) is 5.91 Å². The molecule has 2 atom stereocenters. The molecule has 1 aliphatic heterocycles. The van der Waals surface area contributed by atoms with Crippen molar-refractivity contribution in [3.8, 4) is 0 Å². The Bertz CT molecular complexity index is 713. The molecular weight excluding hydrogens is 336 g/mol. The average molecular weight is 367 g/mol. The van der Waals surface area contributed by atoms with Crippen LogP contribution in [-0.2, 0) is 17.9 Å². The summed E-state index contributed by atoms with van der Waals surface area (Å²) >= 11 is 0. The van der Waals surface area contributed by atoms with Gasteiger partial charge < -0.3 is 5.32 Å². The third-order valence-electron chi connectivity index (χ3n) is 5.21. The number of hydrogen-bond acceptors (Lipinski definition) is 4. The Balaban J connectivity index is 1.47. The van der Waals surface area contributed by atoms with E-state index in [1.807, 2.05) is 18.2 Å². The van der Waals surface area contributed by atoms with Crippen LogP contribution >= 0.6 is 0 Å². The number of amides is 1. The van der Waals surface area contributed by atoms with Gasteiger partial charge in [0.05, 0.1) is 0 Å². The third kappa shape index (κ3) is 5.39. The first-order valence-corrected chi connectivity index (χ1v) is 9.83. The summed E-state index contributed by atoms with van der Waals surface area (Å²) in [6, 6.07) is 18.7. The summed E-state index contributed by atoms with van der Waals surface area (Å²) in [6.45, 7) is 8.00. The normalized spacial score (nSPS) is 19.4. The summed E-state index contributed by atoms with van der Waals surface area (Å²) in [5.74, 6) is 0.0353. The lowest BCUT2D eigenvalue weighted by Crippen LogP contribution is -2.42. The van der Waals surface area contributed by atoms with Crippen molar-refractivity contribution in [2.75, 3.05) is 13.1 Å². The Labute approximate surface area is 162 Å². The van der Waals surface area contributed by atoms with E-state index >= 15 is 0 Å². The molecule has 1 heterocycles. The van der Waals surface area contributed by atoms with Crippen LogP contribution in [0.3, 0.4) is 0 Å². The van der Waals surface area contributed by atoms with Crippen molar-refractivity contribution in [1.29, 1.82) is 0 Å². The number of carbonyl (C=O) groups excluding carboxylic acids is 1. The first kappa shape index (κ1) is 19.5. The molecule has 0 spiro atoms. The minimum absolute atomic E-state index is 0.0353. The lowest BCUT2D eigenvalue weighted by Gasteiger charge is -2.18. The van der Waals surface area contributed by atoms with E-state index in [0.717, 1.165) is 31.6 Å². The number of rotatable bonds is 8. The number of hydrazine groups is 1. The Morgan fingerprint density at radius 1 is 1.00 bits per heavy atom. The van der Waals surface area contributed by atoms with Crippen LogP contribution < -0.4 is 16.2 Å². The fourth-order valence-electron chi connectivity index (χ4n) is 3.41. The highest BCUT2D eigenvalue weighted by Gasteiger charge is 2.29. The van der Waals surface area contributed by atoms with Crippen LogP contribution in [0.25, 0.3) is 0 Å². The highest BCUT2D eigenvalue weighted by atomic mass is 16.2. The molecule has 0 aliphatic carbocycles.